The van der Waals surface area contributed by atoms with E-state index in [9.17, 15) is 14.0 Å². The third-order valence-electron chi connectivity index (χ3n) is 7.28. The number of amides is 2. The van der Waals surface area contributed by atoms with Crippen LogP contribution in [-0.4, -0.2) is 65.7 Å². The number of ether oxygens (including phenoxy) is 3. The van der Waals surface area contributed by atoms with Gasteiger partial charge in [0, 0.05) is 42.7 Å². The molecule has 39 heavy (non-hydrogen) atoms. The largest absolute Gasteiger partial charge is 0.481 e. The molecule has 0 bridgehead atoms. The number of aromatic nitrogens is 1. The Morgan fingerprint density at radius 3 is 2.28 bits per heavy atom. The average Bonchev–Trinajstić information content (AvgIpc) is 2.83. The van der Waals surface area contributed by atoms with Crippen molar-refractivity contribution in [2.24, 2.45) is 5.41 Å². The van der Waals surface area contributed by atoms with Crippen LogP contribution in [0.25, 0.3) is 0 Å². The molecular weight excluding hydrogens is 525 g/mol. The minimum absolute atomic E-state index is 0.0280. The molecule has 0 atom stereocenters. The van der Waals surface area contributed by atoms with Crippen LogP contribution in [0.15, 0.2) is 24.4 Å². The summed E-state index contributed by atoms with van der Waals surface area (Å²) in [6.45, 7) is 12.7. The minimum Gasteiger partial charge on any atom is -0.481 e. The van der Waals surface area contributed by atoms with Crippen LogP contribution in [0.2, 0.25) is 5.02 Å². The highest BCUT2D eigenvalue weighted by Crippen LogP contribution is 2.42. The number of rotatable bonds is 5. The quantitative estimate of drug-likeness (QED) is 0.413. The van der Waals surface area contributed by atoms with Gasteiger partial charge in [0.2, 0.25) is 5.88 Å². The Kier molecular flexibility index (Phi) is 7.78. The summed E-state index contributed by atoms with van der Waals surface area (Å²) in [7, 11) is 1.43. The first-order valence-electron chi connectivity index (χ1n) is 13.1. The molecule has 0 radical (unpaired) electrons. The molecule has 0 saturated carbocycles. The Morgan fingerprint density at radius 2 is 1.72 bits per heavy atom. The lowest BCUT2D eigenvalue weighted by Gasteiger charge is -2.53. The Labute approximate surface area is 234 Å². The fourth-order valence-corrected chi connectivity index (χ4v) is 5.34. The number of alkyl halides is 1. The number of carbonyl (C=O) groups excluding carboxylic acids is 2. The van der Waals surface area contributed by atoms with Gasteiger partial charge >= 0.3 is 6.09 Å². The zero-order chi connectivity index (χ0) is 28.8. The molecule has 2 fully saturated rings. The summed E-state index contributed by atoms with van der Waals surface area (Å²) in [5, 5.41) is 0.329. The lowest BCUT2D eigenvalue weighted by Crippen LogP contribution is -2.62. The third-order valence-corrected chi connectivity index (χ3v) is 7.58. The van der Waals surface area contributed by atoms with E-state index < -0.39 is 11.3 Å². The highest BCUT2D eigenvalue weighted by Gasteiger charge is 2.48. The maximum atomic E-state index is 14.8. The number of nitrogens with zero attached hydrogens (tertiary/aromatic N) is 3. The van der Waals surface area contributed by atoms with E-state index in [2.05, 4.69) is 4.98 Å². The number of likely N-dealkylation sites (tertiary alicyclic amines) is 2. The molecule has 1 aromatic carbocycles. The number of methoxy groups -OCH3 is 1. The van der Waals surface area contributed by atoms with Crippen LogP contribution in [0.3, 0.4) is 0 Å². The van der Waals surface area contributed by atoms with Crippen molar-refractivity contribution in [3.8, 4) is 17.4 Å². The van der Waals surface area contributed by atoms with Crippen molar-refractivity contribution in [1.82, 2.24) is 14.8 Å². The molecule has 212 valence electrons. The van der Waals surface area contributed by atoms with Crippen molar-refractivity contribution in [2.45, 2.75) is 65.7 Å². The van der Waals surface area contributed by atoms with E-state index in [1.807, 2.05) is 25.7 Å². The number of pyridine rings is 1. The minimum atomic E-state index is -1.70. The van der Waals surface area contributed by atoms with Crippen molar-refractivity contribution in [2.75, 3.05) is 33.3 Å². The van der Waals surface area contributed by atoms with E-state index in [1.54, 1.807) is 24.0 Å². The van der Waals surface area contributed by atoms with Gasteiger partial charge in [-0.3, -0.25) is 4.79 Å². The van der Waals surface area contributed by atoms with Gasteiger partial charge < -0.3 is 24.0 Å². The highest BCUT2D eigenvalue weighted by atomic mass is 35.5. The van der Waals surface area contributed by atoms with E-state index in [0.717, 1.165) is 12.8 Å². The number of hydrogen-bond acceptors (Lipinski definition) is 6. The molecule has 4 rings (SSSR count). The summed E-state index contributed by atoms with van der Waals surface area (Å²) < 4.78 is 31.5. The summed E-state index contributed by atoms with van der Waals surface area (Å²) in [6.07, 6.45) is 2.77. The molecule has 2 amide bonds. The van der Waals surface area contributed by atoms with Crippen molar-refractivity contribution < 1.29 is 28.2 Å². The topological polar surface area (TPSA) is 81.2 Å². The fraction of sp³-hybridized carbons (Fsp3) is 0.552. The number of carbonyl (C=O) groups is 2. The number of halogens is 2. The molecule has 8 nitrogen and oxygen atoms in total. The molecule has 0 N–H and O–H groups in total. The summed E-state index contributed by atoms with van der Waals surface area (Å²) in [6, 6.07) is 4.86. The summed E-state index contributed by atoms with van der Waals surface area (Å²) in [5.74, 6) is 0.666. The maximum Gasteiger partial charge on any atom is 0.410 e. The smallest absolute Gasteiger partial charge is 0.410 e. The zero-order valence-corrected chi connectivity index (χ0v) is 24.4. The van der Waals surface area contributed by atoms with Gasteiger partial charge in [-0.05, 0) is 72.6 Å². The molecule has 1 spiro atoms. The van der Waals surface area contributed by atoms with Crippen molar-refractivity contribution in [3.63, 3.8) is 0 Å². The van der Waals surface area contributed by atoms with Gasteiger partial charge in [-0.1, -0.05) is 11.6 Å². The first-order chi connectivity index (χ1) is 18.1. The Morgan fingerprint density at radius 1 is 1.08 bits per heavy atom. The van der Waals surface area contributed by atoms with Crippen molar-refractivity contribution in [3.05, 3.63) is 46.1 Å². The van der Waals surface area contributed by atoms with Gasteiger partial charge in [-0.25, -0.2) is 14.2 Å². The first-order valence-corrected chi connectivity index (χ1v) is 13.5. The fourth-order valence-electron chi connectivity index (χ4n) is 5.10. The molecule has 10 heteroatoms. The van der Waals surface area contributed by atoms with Crippen LogP contribution in [0.4, 0.5) is 9.18 Å². The standard InChI is InChI=1S/C29H37ClFN3O5/c1-18-20(8-9-22(30)23(18)38-19-14-21(28(5,6)31)24(37-7)32-15-19)25(35)33-12-10-29(11-13-33)16-34(17-29)26(36)39-27(2,3)4/h8-9,14-15H,10-13,16-17H2,1-7H3. The van der Waals surface area contributed by atoms with Crippen LogP contribution in [0, 0.1) is 12.3 Å². The van der Waals surface area contributed by atoms with Crippen LogP contribution < -0.4 is 9.47 Å². The predicted octanol–water partition coefficient (Wildman–Crippen LogP) is 6.52. The molecule has 1 aromatic heterocycles. The normalized spacial score (nSPS) is 17.1. The average molecular weight is 562 g/mol. The predicted molar refractivity (Wildman–Crippen MR) is 147 cm³/mol. The van der Waals surface area contributed by atoms with Gasteiger partial charge in [0.25, 0.3) is 5.91 Å². The van der Waals surface area contributed by atoms with Crippen LogP contribution in [0.5, 0.6) is 17.4 Å². The molecule has 3 heterocycles. The monoisotopic (exact) mass is 561 g/mol. The van der Waals surface area contributed by atoms with Crippen LogP contribution >= 0.6 is 11.6 Å². The molecule has 2 saturated heterocycles. The number of benzene rings is 1. The lowest BCUT2D eigenvalue weighted by atomic mass is 9.72. The van der Waals surface area contributed by atoms with Crippen molar-refractivity contribution in [1.29, 1.82) is 0 Å². The Balaban J connectivity index is 1.44. The van der Waals surface area contributed by atoms with Gasteiger partial charge in [-0.2, -0.15) is 0 Å². The van der Waals surface area contributed by atoms with Crippen molar-refractivity contribution >= 4 is 23.6 Å². The lowest BCUT2D eigenvalue weighted by molar-refractivity contribution is -0.0563. The Hall–Kier alpha value is -3.07. The molecule has 0 unspecified atom stereocenters. The highest BCUT2D eigenvalue weighted by molar-refractivity contribution is 6.32. The van der Waals surface area contributed by atoms with E-state index in [-0.39, 0.29) is 34.6 Å². The number of hydrogen-bond donors (Lipinski definition) is 0. The van der Waals surface area contributed by atoms with Gasteiger partial charge in [-0.15, -0.1) is 0 Å². The maximum absolute atomic E-state index is 14.8. The van der Waals surface area contributed by atoms with Crippen LogP contribution in [-0.2, 0) is 10.4 Å². The van der Waals surface area contributed by atoms with E-state index in [1.165, 1.54) is 33.2 Å². The SMILES string of the molecule is COc1ncc(Oc2c(Cl)ccc(C(=O)N3CCC4(CC3)CN(C(=O)OC(C)(C)C)C4)c2C)cc1C(C)(C)F. The van der Waals surface area contributed by atoms with Gasteiger partial charge in [0.15, 0.2) is 0 Å². The summed E-state index contributed by atoms with van der Waals surface area (Å²) in [4.78, 5) is 33.6. The second-order valence-corrected chi connectivity index (χ2v) is 12.4. The summed E-state index contributed by atoms with van der Waals surface area (Å²) in [5.41, 5.74) is -0.881. The van der Waals surface area contributed by atoms with E-state index in [4.69, 9.17) is 25.8 Å². The van der Waals surface area contributed by atoms with E-state index >= 15 is 0 Å². The molecule has 2 aliphatic heterocycles. The second-order valence-electron chi connectivity index (χ2n) is 12.0. The third kappa shape index (κ3) is 6.24. The molecule has 2 aliphatic rings. The first kappa shape index (κ1) is 28.9. The van der Waals surface area contributed by atoms with Crippen LogP contribution in [0.1, 0.15) is 68.9 Å². The second kappa shape index (κ2) is 10.5. The molecule has 0 aliphatic carbocycles. The zero-order valence-electron chi connectivity index (χ0n) is 23.7. The van der Waals surface area contributed by atoms with E-state index in [0.29, 0.717) is 48.1 Å². The molecular formula is C29H37ClFN3O5. The van der Waals surface area contributed by atoms with Gasteiger partial charge in [0.1, 0.15) is 22.8 Å². The van der Waals surface area contributed by atoms with Gasteiger partial charge in [0.05, 0.1) is 23.9 Å². The Bertz CT molecular complexity index is 1250. The number of piperidine rings is 1. The molecule has 2 aromatic rings. The summed E-state index contributed by atoms with van der Waals surface area (Å²) >= 11 is 6.46.